The van der Waals surface area contributed by atoms with Gasteiger partial charge < -0.3 is 10.6 Å². The molecule has 0 radical (unpaired) electrons. The Bertz CT molecular complexity index is 692. The molecule has 0 saturated carbocycles. The predicted octanol–water partition coefficient (Wildman–Crippen LogP) is 1.46. The predicted molar refractivity (Wildman–Crippen MR) is 84.2 cm³/mol. The van der Waals surface area contributed by atoms with Gasteiger partial charge in [-0.2, -0.15) is 5.10 Å². The molecule has 2 amide bonds. The number of pyridine rings is 1. The number of hydrogen-bond acceptors (Lipinski definition) is 4. The molecule has 0 unspecified atom stereocenters. The van der Waals surface area contributed by atoms with Crippen molar-refractivity contribution >= 4 is 28.5 Å². The molecule has 2 aromatic heterocycles. The molecule has 0 fully saturated rings. The molecule has 0 aliphatic carbocycles. The van der Waals surface area contributed by atoms with Crippen LogP contribution in [0.2, 0.25) is 0 Å². The van der Waals surface area contributed by atoms with E-state index in [0.29, 0.717) is 23.7 Å². The number of aryl methyl sites for hydroxylation is 1. The van der Waals surface area contributed by atoms with E-state index in [1.54, 1.807) is 30.2 Å². The third kappa shape index (κ3) is 3.60. The van der Waals surface area contributed by atoms with Crippen LogP contribution >= 0.6 is 0 Å². The highest BCUT2D eigenvalue weighted by Crippen LogP contribution is 2.21. The molecule has 0 spiro atoms. The highest BCUT2D eigenvalue weighted by Gasteiger charge is 2.21. The summed E-state index contributed by atoms with van der Waals surface area (Å²) in [6.45, 7) is 5.42. The van der Waals surface area contributed by atoms with Crippen LogP contribution in [-0.4, -0.2) is 32.6 Å². The highest BCUT2D eigenvalue weighted by atomic mass is 16.2. The van der Waals surface area contributed by atoms with Crippen LogP contribution in [0.5, 0.6) is 0 Å². The van der Waals surface area contributed by atoms with E-state index in [9.17, 15) is 9.59 Å². The van der Waals surface area contributed by atoms with E-state index in [4.69, 9.17) is 0 Å². The number of rotatable bonds is 5. The van der Waals surface area contributed by atoms with Crippen LogP contribution in [-0.2, 0) is 16.6 Å². The number of carbonyl (C=O) groups is 2. The molecule has 2 N–H and O–H groups in total. The fourth-order valence-corrected chi connectivity index (χ4v) is 2.32. The minimum atomic E-state index is -0.558. The van der Waals surface area contributed by atoms with Crippen LogP contribution in [0.25, 0.3) is 11.0 Å². The summed E-state index contributed by atoms with van der Waals surface area (Å²) in [5, 5.41) is 10.5. The number of amides is 2. The molecule has 2 rings (SSSR count). The zero-order valence-electron chi connectivity index (χ0n) is 13.3. The van der Waals surface area contributed by atoms with Crippen LogP contribution in [0.3, 0.4) is 0 Å². The minimum absolute atomic E-state index is 0.220. The number of carbonyl (C=O) groups excluding carboxylic acids is 2. The van der Waals surface area contributed by atoms with Gasteiger partial charge in [0, 0.05) is 20.2 Å². The first-order valence-corrected chi connectivity index (χ1v) is 7.23. The molecule has 2 aromatic rings. The maximum atomic E-state index is 12.5. The molecule has 118 valence electrons. The maximum absolute atomic E-state index is 12.5. The van der Waals surface area contributed by atoms with Crippen molar-refractivity contribution in [3.05, 3.63) is 18.5 Å². The maximum Gasteiger partial charge on any atom is 0.246 e. The van der Waals surface area contributed by atoms with Gasteiger partial charge in [-0.25, -0.2) is 4.98 Å². The van der Waals surface area contributed by atoms with Crippen LogP contribution in [0.15, 0.2) is 18.5 Å². The Balaban J connectivity index is 2.22. The van der Waals surface area contributed by atoms with Gasteiger partial charge in [0.2, 0.25) is 11.8 Å². The quantitative estimate of drug-likeness (QED) is 0.875. The van der Waals surface area contributed by atoms with Crippen molar-refractivity contribution in [3.8, 4) is 0 Å². The molecule has 7 heteroatoms. The lowest BCUT2D eigenvalue weighted by atomic mass is 10.0. The summed E-state index contributed by atoms with van der Waals surface area (Å²) >= 11 is 0. The minimum Gasteiger partial charge on any atom is -0.345 e. The molecule has 0 bridgehead atoms. The Morgan fingerprint density at radius 2 is 2.09 bits per heavy atom. The lowest BCUT2D eigenvalue weighted by Crippen LogP contribution is -2.43. The standard InChI is InChI=1S/C15H21N5O2/c1-9(2)7-13(18-10(3)21)15(22)19-12-5-6-16-14-11(12)8-17-20(14)4/h5-6,8-9,13H,7H2,1-4H3,(H,18,21)(H,16,19,22)/t13-/m0/s1. The molecule has 22 heavy (non-hydrogen) atoms. The van der Waals surface area contributed by atoms with Crippen molar-refractivity contribution in [2.45, 2.75) is 33.2 Å². The first kappa shape index (κ1) is 15.9. The number of aromatic nitrogens is 3. The zero-order valence-corrected chi connectivity index (χ0v) is 13.3. The molecular formula is C15H21N5O2. The first-order chi connectivity index (χ1) is 10.4. The first-order valence-electron chi connectivity index (χ1n) is 7.23. The lowest BCUT2D eigenvalue weighted by molar-refractivity contribution is -0.125. The van der Waals surface area contributed by atoms with Crippen molar-refractivity contribution in [1.82, 2.24) is 20.1 Å². The Hall–Kier alpha value is -2.44. The third-order valence-electron chi connectivity index (χ3n) is 3.29. The van der Waals surface area contributed by atoms with Crippen molar-refractivity contribution in [1.29, 1.82) is 0 Å². The van der Waals surface area contributed by atoms with Crippen molar-refractivity contribution in [2.75, 3.05) is 5.32 Å². The summed E-state index contributed by atoms with van der Waals surface area (Å²) in [5.41, 5.74) is 1.33. The van der Waals surface area contributed by atoms with Crippen LogP contribution < -0.4 is 10.6 Å². The van der Waals surface area contributed by atoms with Crippen molar-refractivity contribution < 1.29 is 9.59 Å². The summed E-state index contributed by atoms with van der Waals surface area (Å²) in [5.74, 6) is -0.166. The van der Waals surface area contributed by atoms with Crippen LogP contribution in [0.1, 0.15) is 27.2 Å². The molecule has 0 aromatic carbocycles. The Labute approximate surface area is 129 Å². The SMILES string of the molecule is CC(=O)N[C@@H](CC(C)C)C(=O)Nc1ccnc2c1cnn2C. The van der Waals surface area contributed by atoms with Gasteiger partial charge in [0.25, 0.3) is 0 Å². The average Bonchev–Trinajstić information content (AvgIpc) is 2.80. The summed E-state index contributed by atoms with van der Waals surface area (Å²) in [7, 11) is 1.79. The molecule has 7 nitrogen and oxygen atoms in total. The number of hydrogen-bond donors (Lipinski definition) is 2. The van der Waals surface area contributed by atoms with Gasteiger partial charge in [-0.1, -0.05) is 13.8 Å². The largest absolute Gasteiger partial charge is 0.345 e. The van der Waals surface area contributed by atoms with E-state index < -0.39 is 6.04 Å². The lowest BCUT2D eigenvalue weighted by Gasteiger charge is -2.19. The molecule has 2 heterocycles. The van der Waals surface area contributed by atoms with Crippen molar-refractivity contribution in [2.24, 2.45) is 13.0 Å². The van der Waals surface area contributed by atoms with E-state index in [-0.39, 0.29) is 11.8 Å². The van der Waals surface area contributed by atoms with E-state index in [2.05, 4.69) is 20.7 Å². The van der Waals surface area contributed by atoms with E-state index >= 15 is 0 Å². The number of nitrogens with one attached hydrogen (secondary N) is 2. The molecule has 0 saturated heterocycles. The second-order valence-corrected chi connectivity index (χ2v) is 5.74. The fraction of sp³-hybridized carbons (Fsp3) is 0.467. The molecule has 1 atom stereocenters. The van der Waals surface area contributed by atoms with E-state index in [1.165, 1.54) is 6.92 Å². The van der Waals surface area contributed by atoms with Gasteiger partial charge in [0.15, 0.2) is 5.65 Å². The molecule has 0 aliphatic heterocycles. The van der Waals surface area contributed by atoms with Gasteiger partial charge >= 0.3 is 0 Å². The van der Waals surface area contributed by atoms with E-state index in [1.807, 2.05) is 13.8 Å². The number of anilines is 1. The summed E-state index contributed by atoms with van der Waals surface area (Å²) in [6, 6.07) is 1.17. The van der Waals surface area contributed by atoms with Gasteiger partial charge in [-0.15, -0.1) is 0 Å². The van der Waals surface area contributed by atoms with E-state index in [0.717, 1.165) is 5.39 Å². The highest BCUT2D eigenvalue weighted by molar-refractivity contribution is 6.02. The average molecular weight is 303 g/mol. The smallest absolute Gasteiger partial charge is 0.246 e. The van der Waals surface area contributed by atoms with Crippen molar-refractivity contribution in [3.63, 3.8) is 0 Å². The topological polar surface area (TPSA) is 88.9 Å². The van der Waals surface area contributed by atoms with Gasteiger partial charge in [0.1, 0.15) is 6.04 Å². The summed E-state index contributed by atoms with van der Waals surface area (Å²) in [4.78, 5) is 28.0. The van der Waals surface area contributed by atoms with Crippen LogP contribution in [0, 0.1) is 5.92 Å². The fourth-order valence-electron chi connectivity index (χ4n) is 2.32. The second-order valence-electron chi connectivity index (χ2n) is 5.74. The molecular weight excluding hydrogens is 282 g/mol. The van der Waals surface area contributed by atoms with Gasteiger partial charge in [-0.3, -0.25) is 14.3 Å². The van der Waals surface area contributed by atoms with Gasteiger partial charge in [-0.05, 0) is 18.4 Å². The Morgan fingerprint density at radius 3 is 2.73 bits per heavy atom. The normalized spacial score (nSPS) is 12.4. The number of fused-ring (bicyclic) bond motifs is 1. The monoisotopic (exact) mass is 303 g/mol. The Morgan fingerprint density at radius 1 is 1.36 bits per heavy atom. The summed E-state index contributed by atoms with van der Waals surface area (Å²) in [6.07, 6.45) is 3.86. The van der Waals surface area contributed by atoms with Gasteiger partial charge in [0.05, 0.1) is 17.3 Å². The summed E-state index contributed by atoms with van der Waals surface area (Å²) < 4.78 is 1.64. The van der Waals surface area contributed by atoms with Crippen LogP contribution in [0.4, 0.5) is 5.69 Å². The third-order valence-corrected chi connectivity index (χ3v) is 3.29. The number of nitrogens with zero attached hydrogens (tertiary/aromatic N) is 3. The second kappa shape index (κ2) is 6.55. The molecule has 0 aliphatic rings. The zero-order chi connectivity index (χ0) is 16.3. The Kier molecular flexibility index (Phi) is 4.75.